The molecule has 0 spiro atoms. The highest BCUT2D eigenvalue weighted by molar-refractivity contribution is 8.00. The van der Waals surface area contributed by atoms with Crippen LogP contribution < -0.4 is 14.4 Å². The van der Waals surface area contributed by atoms with Gasteiger partial charge in [0.05, 0.1) is 19.4 Å². The summed E-state index contributed by atoms with van der Waals surface area (Å²) >= 11 is 7.67. The molecule has 0 fully saturated rings. The van der Waals surface area contributed by atoms with Crippen molar-refractivity contribution < 1.29 is 34.1 Å². The van der Waals surface area contributed by atoms with Gasteiger partial charge in [0.2, 0.25) is 5.91 Å². The minimum absolute atomic E-state index is 0.00576. The molecule has 36 heavy (non-hydrogen) atoms. The van der Waals surface area contributed by atoms with Crippen LogP contribution in [0.2, 0.25) is 5.02 Å². The molecule has 1 atom stereocenters. The third-order valence-electron chi connectivity index (χ3n) is 4.96. The number of nitrogens with zero attached hydrogens (tertiary/aromatic N) is 2. The number of likely N-dealkylation sites (N-methyl/N-ethyl adjacent to an activating group) is 1. The third-order valence-corrected chi connectivity index (χ3v) is 6.47. The largest absolute Gasteiger partial charge is 0.497 e. The molecule has 1 heterocycles. The molecular weight excluding hydrogens is 508 g/mol. The van der Waals surface area contributed by atoms with Gasteiger partial charge in [-0.2, -0.15) is 0 Å². The second kappa shape index (κ2) is 13.8. The molecule has 0 saturated heterocycles. The van der Waals surface area contributed by atoms with Gasteiger partial charge in [-0.1, -0.05) is 11.6 Å². The highest BCUT2D eigenvalue weighted by atomic mass is 35.5. The van der Waals surface area contributed by atoms with Crippen molar-refractivity contribution in [2.75, 3.05) is 46.3 Å². The molecule has 0 bridgehead atoms. The van der Waals surface area contributed by atoms with Gasteiger partial charge in [-0.15, -0.1) is 11.8 Å². The van der Waals surface area contributed by atoms with E-state index in [0.29, 0.717) is 35.3 Å². The van der Waals surface area contributed by atoms with Crippen molar-refractivity contribution >= 4 is 46.9 Å². The number of amides is 1. The summed E-state index contributed by atoms with van der Waals surface area (Å²) in [5, 5.41) is 15.9. The molecule has 1 aliphatic heterocycles. The Bertz CT molecular complexity index is 1110. The summed E-state index contributed by atoms with van der Waals surface area (Å²) in [5.41, 5.74) is 1.68. The minimum atomic E-state index is -1.26. The third kappa shape index (κ3) is 8.47. The summed E-state index contributed by atoms with van der Waals surface area (Å²) in [5.74, 6) is -1.10. The van der Waals surface area contributed by atoms with E-state index in [1.54, 1.807) is 25.1 Å². The molecule has 1 amide bonds. The molecule has 1 aliphatic rings. The molecule has 2 N–H and O–H groups in total. The van der Waals surface area contributed by atoms with Gasteiger partial charge in [0.1, 0.15) is 16.7 Å². The van der Waals surface area contributed by atoms with Crippen molar-refractivity contribution in [2.45, 2.75) is 16.6 Å². The minimum Gasteiger partial charge on any atom is -0.497 e. The summed E-state index contributed by atoms with van der Waals surface area (Å²) in [4.78, 5) is 37.0. The van der Waals surface area contributed by atoms with Crippen molar-refractivity contribution in [3.05, 3.63) is 59.1 Å². The zero-order valence-corrected chi connectivity index (χ0v) is 22.0. The SMILES string of the molecule is COc1ccc(OCCCN(C)C)c(C2Sc3cc(Cl)ccc3N(C)C2=O)c1.O=C(O)/C=C/C(=O)O. The molecule has 1 unspecified atom stereocenters. The number of hydrogen-bond acceptors (Lipinski definition) is 7. The number of ether oxygens (including phenoxy) is 2. The van der Waals surface area contributed by atoms with E-state index in [2.05, 4.69) is 4.90 Å². The van der Waals surface area contributed by atoms with Crippen LogP contribution in [-0.4, -0.2) is 74.4 Å². The van der Waals surface area contributed by atoms with Crippen LogP contribution in [0.1, 0.15) is 17.2 Å². The molecule has 194 valence electrons. The molecule has 2 aromatic carbocycles. The van der Waals surface area contributed by atoms with Crippen molar-refractivity contribution in [1.82, 2.24) is 4.90 Å². The molecule has 11 heteroatoms. The van der Waals surface area contributed by atoms with Gasteiger partial charge >= 0.3 is 11.9 Å². The van der Waals surface area contributed by atoms with Gasteiger partial charge in [-0.05, 0) is 56.9 Å². The van der Waals surface area contributed by atoms with Crippen LogP contribution in [0.3, 0.4) is 0 Å². The Morgan fingerprint density at radius 3 is 2.39 bits per heavy atom. The number of anilines is 1. The maximum atomic E-state index is 13.1. The zero-order chi connectivity index (χ0) is 26.8. The van der Waals surface area contributed by atoms with E-state index in [1.807, 2.05) is 44.4 Å². The fourth-order valence-corrected chi connectivity index (χ4v) is 4.80. The topological polar surface area (TPSA) is 117 Å². The first-order valence-corrected chi connectivity index (χ1v) is 12.1. The lowest BCUT2D eigenvalue weighted by Gasteiger charge is -2.32. The average Bonchev–Trinajstić information content (AvgIpc) is 2.83. The fraction of sp³-hybridized carbons (Fsp3) is 0.320. The van der Waals surface area contributed by atoms with Gasteiger partial charge < -0.3 is 29.5 Å². The van der Waals surface area contributed by atoms with Crippen LogP contribution in [0.5, 0.6) is 11.5 Å². The monoisotopic (exact) mass is 536 g/mol. The average molecular weight is 537 g/mol. The normalized spacial score (nSPS) is 14.8. The first kappa shape index (κ1) is 29.0. The van der Waals surface area contributed by atoms with E-state index < -0.39 is 17.2 Å². The van der Waals surface area contributed by atoms with E-state index in [9.17, 15) is 14.4 Å². The Labute approximate surface area is 219 Å². The number of carboxylic acids is 2. The van der Waals surface area contributed by atoms with E-state index in [4.69, 9.17) is 31.3 Å². The zero-order valence-electron chi connectivity index (χ0n) is 20.4. The highest BCUT2D eigenvalue weighted by Gasteiger charge is 2.35. The summed E-state index contributed by atoms with van der Waals surface area (Å²) in [6.07, 6.45) is 2.02. The number of thioether (sulfide) groups is 1. The van der Waals surface area contributed by atoms with E-state index >= 15 is 0 Å². The number of carbonyl (C=O) groups excluding carboxylic acids is 1. The fourth-order valence-electron chi connectivity index (χ4n) is 3.22. The summed E-state index contributed by atoms with van der Waals surface area (Å²) < 4.78 is 11.4. The number of methoxy groups -OCH3 is 1. The number of rotatable bonds is 9. The summed E-state index contributed by atoms with van der Waals surface area (Å²) in [6, 6.07) is 11.2. The van der Waals surface area contributed by atoms with Gasteiger partial charge in [0.25, 0.3) is 0 Å². The van der Waals surface area contributed by atoms with Crippen LogP contribution >= 0.6 is 23.4 Å². The lowest BCUT2D eigenvalue weighted by Crippen LogP contribution is -2.34. The van der Waals surface area contributed by atoms with Crippen molar-refractivity contribution in [3.63, 3.8) is 0 Å². The number of halogens is 1. The number of carbonyl (C=O) groups is 3. The Kier molecular flexibility index (Phi) is 11.1. The maximum absolute atomic E-state index is 13.1. The van der Waals surface area contributed by atoms with Gasteiger partial charge in [0, 0.05) is 41.2 Å². The molecule has 0 saturated carbocycles. The van der Waals surface area contributed by atoms with Crippen LogP contribution in [0.4, 0.5) is 5.69 Å². The number of benzene rings is 2. The lowest BCUT2D eigenvalue weighted by atomic mass is 10.1. The summed E-state index contributed by atoms with van der Waals surface area (Å²) in [6.45, 7) is 1.53. The van der Waals surface area contributed by atoms with Crippen LogP contribution in [0, 0.1) is 0 Å². The van der Waals surface area contributed by atoms with Gasteiger partial charge in [-0.25, -0.2) is 9.59 Å². The maximum Gasteiger partial charge on any atom is 0.328 e. The Morgan fingerprint density at radius 2 is 1.81 bits per heavy atom. The van der Waals surface area contributed by atoms with E-state index in [-0.39, 0.29) is 5.91 Å². The van der Waals surface area contributed by atoms with Gasteiger partial charge in [0.15, 0.2) is 0 Å². The second-order valence-electron chi connectivity index (χ2n) is 7.93. The van der Waals surface area contributed by atoms with Crippen LogP contribution in [-0.2, 0) is 14.4 Å². The predicted octanol–water partition coefficient (Wildman–Crippen LogP) is 4.20. The van der Waals surface area contributed by atoms with Gasteiger partial charge in [-0.3, -0.25) is 4.79 Å². The van der Waals surface area contributed by atoms with E-state index in [1.165, 1.54) is 11.8 Å². The number of carboxylic acid groups (broad SMARTS) is 2. The molecule has 3 rings (SSSR count). The molecule has 9 nitrogen and oxygen atoms in total. The number of fused-ring (bicyclic) bond motifs is 1. The van der Waals surface area contributed by atoms with Crippen molar-refractivity contribution in [2.24, 2.45) is 0 Å². The molecule has 0 radical (unpaired) electrons. The Hall–Kier alpha value is -3.21. The van der Waals surface area contributed by atoms with Crippen LogP contribution in [0.25, 0.3) is 0 Å². The van der Waals surface area contributed by atoms with Crippen LogP contribution in [0.15, 0.2) is 53.4 Å². The molecule has 0 aliphatic carbocycles. The molecular formula is C25H29ClN2O7S. The highest BCUT2D eigenvalue weighted by Crippen LogP contribution is 2.49. The first-order valence-electron chi connectivity index (χ1n) is 10.9. The first-order chi connectivity index (χ1) is 17.0. The van der Waals surface area contributed by atoms with E-state index in [0.717, 1.165) is 29.1 Å². The standard InChI is InChI=1S/C21H25ClN2O3S.C4H4O4/c1-23(2)10-5-11-27-18-9-7-15(26-4)13-16(18)20-21(25)24(3)17-8-6-14(22)12-19(17)28-20;5-3(6)1-2-4(7)8/h6-9,12-13,20H,5,10-11H2,1-4H3;1-2H,(H,5,6)(H,7,8)/b;2-1+. The molecule has 2 aromatic rings. The summed E-state index contributed by atoms with van der Waals surface area (Å²) in [7, 11) is 7.48. The Balaban J connectivity index is 0.000000493. The lowest BCUT2D eigenvalue weighted by molar-refractivity contribution is -0.134. The van der Waals surface area contributed by atoms with Crippen molar-refractivity contribution in [1.29, 1.82) is 0 Å². The second-order valence-corrected chi connectivity index (χ2v) is 9.51. The van der Waals surface area contributed by atoms with Crippen molar-refractivity contribution in [3.8, 4) is 11.5 Å². The molecule has 0 aromatic heterocycles. The number of aliphatic carboxylic acids is 2. The number of hydrogen-bond donors (Lipinski definition) is 2. The predicted molar refractivity (Wildman–Crippen MR) is 140 cm³/mol. The Morgan fingerprint density at radius 1 is 1.14 bits per heavy atom. The quantitative estimate of drug-likeness (QED) is 0.359. The smallest absolute Gasteiger partial charge is 0.328 e.